The lowest BCUT2D eigenvalue weighted by Crippen LogP contribution is -2.39. The molecule has 1 amide bonds. The number of carbonyl (C=O) groups excluding carboxylic acids is 2. The number of amides is 1. The van der Waals surface area contributed by atoms with Gasteiger partial charge in [-0.2, -0.15) is 0 Å². The van der Waals surface area contributed by atoms with Crippen LogP contribution in [0.4, 0.5) is 11.4 Å². The fourth-order valence-electron chi connectivity index (χ4n) is 3.24. The number of esters is 1. The molecule has 9 nitrogen and oxygen atoms in total. The number of nitro benzene ring substituents is 1. The van der Waals surface area contributed by atoms with Crippen LogP contribution in [0.25, 0.3) is 0 Å². The van der Waals surface area contributed by atoms with Crippen molar-refractivity contribution in [3.63, 3.8) is 0 Å². The summed E-state index contributed by atoms with van der Waals surface area (Å²) in [7, 11) is 2.67. The third-order valence-electron chi connectivity index (χ3n) is 4.70. The fourth-order valence-corrected chi connectivity index (χ4v) is 3.24. The maximum Gasteiger partial charge on any atom is 0.346 e. The molecule has 0 unspecified atom stereocenters. The monoisotopic (exact) mass is 400 g/mol. The normalized spacial score (nSPS) is 13.4. The topological polar surface area (TPSA) is 108 Å². The van der Waals surface area contributed by atoms with Crippen LogP contribution in [0.5, 0.6) is 11.5 Å². The zero-order chi connectivity index (χ0) is 21.1. The molecule has 2 aromatic carbocycles. The lowest BCUT2D eigenvalue weighted by Gasteiger charge is -2.21. The first-order chi connectivity index (χ1) is 13.9. The van der Waals surface area contributed by atoms with Gasteiger partial charge in [0.25, 0.3) is 11.6 Å². The van der Waals surface area contributed by atoms with E-state index < -0.39 is 28.6 Å². The van der Waals surface area contributed by atoms with E-state index >= 15 is 0 Å². The number of carbonyl (C=O) groups is 2. The van der Waals surface area contributed by atoms with E-state index in [9.17, 15) is 19.7 Å². The van der Waals surface area contributed by atoms with Gasteiger partial charge in [0.05, 0.1) is 25.2 Å². The standard InChI is InChI=1S/C20H20N2O7/c1-12(19(23)21-9-8-13-6-4-5-7-15(13)21)29-20(24)14-10-17(27-2)18(28-3)11-16(14)22(25)26/h4-7,10-12H,8-9H2,1-3H3/t12-/m1/s1. The van der Waals surface area contributed by atoms with Crippen LogP contribution in [0.15, 0.2) is 36.4 Å². The van der Waals surface area contributed by atoms with Gasteiger partial charge in [0, 0.05) is 18.3 Å². The fraction of sp³-hybridized carbons (Fsp3) is 0.300. The Hall–Kier alpha value is -3.62. The average Bonchev–Trinajstić information content (AvgIpc) is 3.15. The number of anilines is 1. The summed E-state index contributed by atoms with van der Waals surface area (Å²) in [6.07, 6.45) is -0.412. The minimum Gasteiger partial charge on any atom is -0.493 e. The van der Waals surface area contributed by atoms with Gasteiger partial charge in [-0.15, -0.1) is 0 Å². The molecule has 0 aliphatic carbocycles. The number of hydrogen-bond acceptors (Lipinski definition) is 7. The third-order valence-corrected chi connectivity index (χ3v) is 4.70. The predicted molar refractivity (Wildman–Crippen MR) is 104 cm³/mol. The minimum atomic E-state index is -1.12. The number of fused-ring (bicyclic) bond motifs is 1. The summed E-state index contributed by atoms with van der Waals surface area (Å²) < 4.78 is 15.4. The number of nitrogens with zero attached hydrogens (tertiary/aromatic N) is 2. The highest BCUT2D eigenvalue weighted by Gasteiger charge is 2.32. The Kier molecular flexibility index (Phi) is 5.67. The number of ether oxygens (including phenoxy) is 3. The second kappa shape index (κ2) is 8.17. The molecule has 2 aromatic rings. The van der Waals surface area contributed by atoms with E-state index in [1.807, 2.05) is 24.3 Å². The van der Waals surface area contributed by atoms with E-state index in [2.05, 4.69) is 0 Å². The zero-order valence-corrected chi connectivity index (χ0v) is 16.2. The van der Waals surface area contributed by atoms with Crippen molar-refractivity contribution in [2.75, 3.05) is 25.7 Å². The molecule has 0 fully saturated rings. The summed E-state index contributed by atoms with van der Waals surface area (Å²) in [5.41, 5.74) is 0.986. The molecule has 1 heterocycles. The number of benzene rings is 2. The first-order valence-electron chi connectivity index (χ1n) is 8.88. The Morgan fingerprint density at radius 3 is 2.45 bits per heavy atom. The van der Waals surface area contributed by atoms with Crippen molar-refractivity contribution in [2.45, 2.75) is 19.4 Å². The zero-order valence-electron chi connectivity index (χ0n) is 16.2. The summed E-state index contributed by atoms with van der Waals surface area (Å²) in [6, 6.07) is 9.74. The Balaban J connectivity index is 1.83. The average molecular weight is 400 g/mol. The molecule has 0 spiro atoms. The van der Waals surface area contributed by atoms with Gasteiger partial charge >= 0.3 is 5.97 Å². The summed E-state index contributed by atoms with van der Waals surface area (Å²) >= 11 is 0. The number of hydrogen-bond donors (Lipinski definition) is 0. The van der Waals surface area contributed by atoms with Crippen molar-refractivity contribution in [3.05, 3.63) is 57.6 Å². The molecule has 0 N–H and O–H groups in total. The molecular weight excluding hydrogens is 380 g/mol. The summed E-state index contributed by atoms with van der Waals surface area (Å²) in [5, 5.41) is 11.4. The maximum atomic E-state index is 12.8. The lowest BCUT2D eigenvalue weighted by molar-refractivity contribution is -0.385. The second-order valence-electron chi connectivity index (χ2n) is 6.40. The number of nitro groups is 1. The smallest absolute Gasteiger partial charge is 0.346 e. The second-order valence-corrected chi connectivity index (χ2v) is 6.40. The number of methoxy groups -OCH3 is 2. The molecule has 0 saturated carbocycles. The molecular formula is C20H20N2O7. The molecule has 1 aliphatic heterocycles. The highest BCUT2D eigenvalue weighted by atomic mass is 16.6. The Morgan fingerprint density at radius 1 is 1.14 bits per heavy atom. The van der Waals surface area contributed by atoms with Crippen LogP contribution >= 0.6 is 0 Å². The van der Waals surface area contributed by atoms with Gasteiger partial charge in [0.2, 0.25) is 0 Å². The van der Waals surface area contributed by atoms with Gasteiger partial charge in [0.1, 0.15) is 5.56 Å². The van der Waals surface area contributed by atoms with Gasteiger partial charge < -0.3 is 19.1 Å². The van der Waals surface area contributed by atoms with Crippen molar-refractivity contribution in [1.29, 1.82) is 0 Å². The van der Waals surface area contributed by atoms with Crippen LogP contribution in [0, 0.1) is 10.1 Å². The predicted octanol–water partition coefficient (Wildman–Crippen LogP) is 2.75. The van der Waals surface area contributed by atoms with E-state index in [0.717, 1.165) is 17.3 Å². The molecule has 29 heavy (non-hydrogen) atoms. The van der Waals surface area contributed by atoms with Gasteiger partial charge in [-0.1, -0.05) is 18.2 Å². The highest BCUT2D eigenvalue weighted by Crippen LogP contribution is 2.35. The van der Waals surface area contributed by atoms with Crippen molar-refractivity contribution in [2.24, 2.45) is 0 Å². The molecule has 0 bridgehead atoms. The quantitative estimate of drug-likeness (QED) is 0.417. The Bertz CT molecular complexity index is 973. The van der Waals surface area contributed by atoms with Crippen LogP contribution in [-0.4, -0.2) is 43.7 Å². The van der Waals surface area contributed by atoms with Crippen molar-refractivity contribution >= 4 is 23.3 Å². The molecule has 1 atom stereocenters. The minimum absolute atomic E-state index is 0.105. The molecule has 3 rings (SSSR count). The molecule has 9 heteroatoms. The maximum absolute atomic E-state index is 12.8. The lowest BCUT2D eigenvalue weighted by atomic mass is 10.1. The van der Waals surface area contributed by atoms with E-state index in [4.69, 9.17) is 14.2 Å². The van der Waals surface area contributed by atoms with Gasteiger partial charge in [-0.3, -0.25) is 14.9 Å². The Morgan fingerprint density at radius 2 is 1.79 bits per heavy atom. The van der Waals surface area contributed by atoms with Crippen LogP contribution in [0.2, 0.25) is 0 Å². The number of rotatable bonds is 6. The molecule has 0 aromatic heterocycles. The summed E-state index contributed by atoms with van der Waals surface area (Å²) in [5.74, 6) is -1.15. The van der Waals surface area contributed by atoms with Crippen molar-refractivity contribution < 1.29 is 28.7 Å². The van der Waals surface area contributed by atoms with Crippen LogP contribution in [0.1, 0.15) is 22.8 Å². The van der Waals surface area contributed by atoms with Crippen LogP contribution in [-0.2, 0) is 16.0 Å². The van der Waals surface area contributed by atoms with Gasteiger partial charge in [0.15, 0.2) is 17.6 Å². The Labute approximate surface area is 166 Å². The van der Waals surface area contributed by atoms with E-state index in [1.165, 1.54) is 27.2 Å². The largest absolute Gasteiger partial charge is 0.493 e. The summed E-state index contributed by atoms with van der Waals surface area (Å²) in [4.78, 5) is 37.6. The van der Waals surface area contributed by atoms with Crippen LogP contribution in [0.3, 0.4) is 0 Å². The first kappa shape index (κ1) is 20.1. The SMILES string of the molecule is COc1cc(C(=O)O[C@H](C)C(=O)N2CCc3ccccc32)c([N+](=O)[O-])cc1OC. The highest BCUT2D eigenvalue weighted by molar-refractivity contribution is 6.01. The summed E-state index contributed by atoms with van der Waals surface area (Å²) in [6.45, 7) is 1.92. The van der Waals surface area contributed by atoms with E-state index in [1.54, 1.807) is 4.90 Å². The van der Waals surface area contributed by atoms with Crippen LogP contribution < -0.4 is 14.4 Å². The van der Waals surface area contributed by atoms with E-state index in [0.29, 0.717) is 13.0 Å². The molecule has 1 aliphatic rings. The first-order valence-corrected chi connectivity index (χ1v) is 8.88. The van der Waals surface area contributed by atoms with Crippen molar-refractivity contribution in [1.82, 2.24) is 0 Å². The third kappa shape index (κ3) is 3.84. The molecule has 152 valence electrons. The van der Waals surface area contributed by atoms with Gasteiger partial charge in [-0.05, 0) is 25.0 Å². The van der Waals surface area contributed by atoms with Crippen molar-refractivity contribution in [3.8, 4) is 11.5 Å². The molecule has 0 saturated heterocycles. The molecule has 0 radical (unpaired) electrons. The number of para-hydroxylation sites is 1. The van der Waals surface area contributed by atoms with Gasteiger partial charge in [-0.25, -0.2) is 4.79 Å². The van der Waals surface area contributed by atoms with E-state index in [-0.39, 0.29) is 17.1 Å².